The minimum Gasteiger partial charge on any atom is -0.293 e. The van der Waals surface area contributed by atoms with E-state index in [9.17, 15) is 4.79 Å². The maximum atomic E-state index is 12.5. The average Bonchev–Trinajstić information content (AvgIpc) is 2.88. The average molecular weight is 436 g/mol. The molecule has 0 aliphatic heterocycles. The van der Waals surface area contributed by atoms with Crippen LogP contribution in [0.25, 0.3) is 0 Å². The lowest BCUT2D eigenvalue weighted by atomic mass is 10.1. The minimum absolute atomic E-state index is 0.0233. The number of nitrogens with zero attached hydrogens (tertiary/aromatic N) is 2. The first-order valence-corrected chi connectivity index (χ1v) is 12.4. The van der Waals surface area contributed by atoms with Gasteiger partial charge < -0.3 is 0 Å². The molecule has 3 nitrogen and oxygen atoms in total. The van der Waals surface area contributed by atoms with Crippen LogP contribution < -0.4 is 15.9 Å². The standard InChI is InChI=1S/C28H25N2OP/c31-25(22-21-24-13-5-1-6-14-24)23-29-30-32(26-15-7-2-8-16-26,27-17-9-3-10-18-27)28-19-11-4-12-20-28/h1-20,23H,21-22H2. The summed E-state index contributed by atoms with van der Waals surface area (Å²) in [5, 5.41) is 7.69. The highest BCUT2D eigenvalue weighted by atomic mass is 31.2. The van der Waals surface area contributed by atoms with Crippen molar-refractivity contribution >= 4 is 35.0 Å². The highest BCUT2D eigenvalue weighted by Gasteiger charge is 2.27. The zero-order valence-corrected chi connectivity index (χ0v) is 18.7. The summed E-state index contributed by atoms with van der Waals surface area (Å²) in [7, 11) is -2.41. The van der Waals surface area contributed by atoms with E-state index in [1.165, 1.54) is 6.21 Å². The Hall–Kier alpha value is -3.55. The number of rotatable bonds is 8. The van der Waals surface area contributed by atoms with Gasteiger partial charge in [-0.15, -0.1) is 0 Å². The Morgan fingerprint density at radius 2 is 1.03 bits per heavy atom. The van der Waals surface area contributed by atoms with Crippen molar-refractivity contribution in [3.63, 3.8) is 0 Å². The lowest BCUT2D eigenvalue weighted by molar-refractivity contribution is -0.112. The van der Waals surface area contributed by atoms with E-state index in [2.05, 4.69) is 41.5 Å². The number of hydrogen-bond acceptors (Lipinski definition) is 2. The molecule has 0 unspecified atom stereocenters. The van der Waals surface area contributed by atoms with Crippen molar-refractivity contribution in [3.05, 3.63) is 127 Å². The van der Waals surface area contributed by atoms with Gasteiger partial charge in [-0.2, -0.15) is 9.96 Å². The Labute approximate surface area is 189 Å². The first kappa shape index (κ1) is 21.7. The molecule has 0 fully saturated rings. The fourth-order valence-corrected chi connectivity index (χ4v) is 6.90. The molecule has 0 spiro atoms. The molecule has 4 aromatic rings. The van der Waals surface area contributed by atoms with E-state index >= 15 is 0 Å². The van der Waals surface area contributed by atoms with Gasteiger partial charge in [0.2, 0.25) is 0 Å². The summed E-state index contributed by atoms with van der Waals surface area (Å²) in [6, 6.07) is 40.8. The largest absolute Gasteiger partial charge is 0.293 e. The highest BCUT2D eigenvalue weighted by molar-refractivity contribution is 7.87. The fourth-order valence-electron chi connectivity index (χ4n) is 3.68. The lowest BCUT2D eigenvalue weighted by Gasteiger charge is -2.25. The van der Waals surface area contributed by atoms with Crippen molar-refractivity contribution < 1.29 is 4.79 Å². The van der Waals surface area contributed by atoms with Gasteiger partial charge >= 0.3 is 0 Å². The summed E-state index contributed by atoms with van der Waals surface area (Å²) in [4.78, 5) is 17.4. The highest BCUT2D eigenvalue weighted by Crippen LogP contribution is 2.46. The quantitative estimate of drug-likeness (QED) is 0.209. The first-order valence-electron chi connectivity index (χ1n) is 10.7. The van der Waals surface area contributed by atoms with Crippen molar-refractivity contribution in [1.82, 2.24) is 0 Å². The zero-order chi connectivity index (χ0) is 22.1. The molecule has 0 amide bonds. The maximum Gasteiger partial charge on any atom is 0.176 e. The third kappa shape index (κ3) is 5.01. The third-order valence-electron chi connectivity index (χ3n) is 5.28. The summed E-state index contributed by atoms with van der Waals surface area (Å²) < 4.78 is 0. The molecule has 0 atom stereocenters. The lowest BCUT2D eigenvalue weighted by Crippen LogP contribution is -2.25. The smallest absolute Gasteiger partial charge is 0.176 e. The maximum absolute atomic E-state index is 12.5. The van der Waals surface area contributed by atoms with Crippen LogP contribution in [0.1, 0.15) is 12.0 Å². The van der Waals surface area contributed by atoms with Crippen molar-refractivity contribution in [1.29, 1.82) is 0 Å². The molecule has 158 valence electrons. The van der Waals surface area contributed by atoms with Gasteiger partial charge in [0.25, 0.3) is 0 Å². The van der Waals surface area contributed by atoms with Gasteiger partial charge in [0, 0.05) is 22.3 Å². The second-order valence-corrected chi connectivity index (χ2v) is 10.4. The third-order valence-corrected chi connectivity index (χ3v) is 8.79. The number of ketones is 1. The van der Waals surface area contributed by atoms with Crippen LogP contribution in [-0.2, 0) is 11.2 Å². The summed E-state index contributed by atoms with van der Waals surface area (Å²) in [6.45, 7) is 0. The monoisotopic (exact) mass is 436 g/mol. The van der Waals surface area contributed by atoms with Crippen molar-refractivity contribution in [2.24, 2.45) is 9.96 Å². The van der Waals surface area contributed by atoms with E-state index in [0.29, 0.717) is 12.8 Å². The van der Waals surface area contributed by atoms with Crippen LogP contribution >= 0.6 is 7.05 Å². The number of carbonyl (C=O) groups excluding carboxylic acids is 1. The number of benzene rings is 4. The zero-order valence-electron chi connectivity index (χ0n) is 17.8. The van der Waals surface area contributed by atoms with Gasteiger partial charge in [-0.25, -0.2) is 0 Å². The van der Waals surface area contributed by atoms with E-state index in [1.807, 2.05) is 84.9 Å². The molecule has 0 saturated heterocycles. The van der Waals surface area contributed by atoms with E-state index in [4.69, 9.17) is 4.85 Å². The van der Waals surface area contributed by atoms with Crippen LogP contribution in [0.3, 0.4) is 0 Å². The van der Waals surface area contributed by atoms with Crippen LogP contribution in [0.5, 0.6) is 0 Å². The fraction of sp³-hybridized carbons (Fsp3) is 0.0714. The number of aryl methyl sites for hydroxylation is 1. The van der Waals surface area contributed by atoms with Gasteiger partial charge in [0.05, 0.1) is 13.3 Å². The molecule has 0 aliphatic carbocycles. The molecule has 4 rings (SSSR count). The molecule has 0 saturated carbocycles. The van der Waals surface area contributed by atoms with E-state index in [1.54, 1.807) is 0 Å². The summed E-state index contributed by atoms with van der Waals surface area (Å²) in [5.41, 5.74) is 1.14. The van der Waals surface area contributed by atoms with Crippen LogP contribution in [0.15, 0.2) is 131 Å². The van der Waals surface area contributed by atoms with Crippen molar-refractivity contribution in [2.75, 3.05) is 0 Å². The molecular weight excluding hydrogens is 411 g/mol. The van der Waals surface area contributed by atoms with Gasteiger partial charge in [0.15, 0.2) is 5.78 Å². The van der Waals surface area contributed by atoms with Crippen LogP contribution in [0.4, 0.5) is 0 Å². The second-order valence-electron chi connectivity index (χ2n) is 7.43. The first-order chi connectivity index (χ1) is 15.8. The molecule has 4 aromatic carbocycles. The van der Waals surface area contributed by atoms with Crippen molar-refractivity contribution in [2.45, 2.75) is 12.8 Å². The minimum atomic E-state index is -2.41. The number of hydrogen-bond donors (Lipinski definition) is 0. The molecule has 0 heterocycles. The summed E-state index contributed by atoms with van der Waals surface area (Å²) in [6.07, 6.45) is 2.49. The van der Waals surface area contributed by atoms with Gasteiger partial charge in [-0.1, -0.05) is 121 Å². The molecule has 0 radical (unpaired) electrons. The van der Waals surface area contributed by atoms with Crippen molar-refractivity contribution in [3.8, 4) is 0 Å². The topological polar surface area (TPSA) is 41.8 Å². The van der Waals surface area contributed by atoms with E-state index in [0.717, 1.165) is 21.5 Å². The summed E-state index contributed by atoms with van der Waals surface area (Å²) in [5.74, 6) is -0.0233. The summed E-state index contributed by atoms with van der Waals surface area (Å²) >= 11 is 0. The molecule has 32 heavy (non-hydrogen) atoms. The Bertz CT molecular complexity index is 1120. The SMILES string of the molecule is O=C(C=NN=P(c1ccccc1)(c1ccccc1)c1ccccc1)CCc1ccccc1. The molecule has 0 N–H and O–H groups in total. The van der Waals surface area contributed by atoms with E-state index < -0.39 is 7.05 Å². The number of Topliss-reactive ketones (excluding diaryl/α,β-unsaturated/α-hetero) is 1. The molecule has 0 bridgehead atoms. The normalized spacial score (nSPS) is 11.4. The predicted molar refractivity (Wildman–Crippen MR) is 136 cm³/mol. The van der Waals surface area contributed by atoms with Crippen LogP contribution in [0.2, 0.25) is 0 Å². The predicted octanol–water partition coefficient (Wildman–Crippen LogP) is 5.35. The Morgan fingerprint density at radius 1 is 0.625 bits per heavy atom. The number of carbonyl (C=O) groups is 1. The Balaban J connectivity index is 1.74. The van der Waals surface area contributed by atoms with Gasteiger partial charge in [0.1, 0.15) is 0 Å². The van der Waals surface area contributed by atoms with Crippen LogP contribution in [0, 0.1) is 0 Å². The van der Waals surface area contributed by atoms with Gasteiger partial charge in [-0.3, -0.25) is 4.79 Å². The molecular formula is C28H25N2OP. The van der Waals surface area contributed by atoms with Gasteiger partial charge in [-0.05, 0) is 12.0 Å². The van der Waals surface area contributed by atoms with E-state index in [-0.39, 0.29) is 5.78 Å². The molecule has 4 heteroatoms. The molecule has 0 aromatic heterocycles. The second kappa shape index (κ2) is 10.7. The molecule has 0 aliphatic rings. The Kier molecular flexibility index (Phi) is 7.22. The Morgan fingerprint density at radius 3 is 1.47 bits per heavy atom. The van der Waals surface area contributed by atoms with Crippen LogP contribution in [-0.4, -0.2) is 12.0 Å².